The van der Waals surface area contributed by atoms with E-state index in [1.165, 1.54) is 0 Å². The van der Waals surface area contributed by atoms with E-state index in [-0.39, 0.29) is 11.8 Å². The lowest BCUT2D eigenvalue weighted by atomic mass is 10.1. The number of aromatic nitrogens is 2. The summed E-state index contributed by atoms with van der Waals surface area (Å²) in [6.07, 6.45) is 1.65. The highest BCUT2D eigenvalue weighted by molar-refractivity contribution is 6.08. The van der Waals surface area contributed by atoms with Crippen molar-refractivity contribution < 1.29 is 9.53 Å². The van der Waals surface area contributed by atoms with Crippen LogP contribution in [0.1, 0.15) is 41.5 Å². The Bertz CT molecular complexity index is 600. The molecular weight excluding hydrogens is 240 g/mol. The Hall–Kier alpha value is -2.10. The molecule has 1 aromatic carbocycles. The largest absolute Gasteiger partial charge is 0.496 e. The molecule has 0 amide bonds. The van der Waals surface area contributed by atoms with Gasteiger partial charge in [0.25, 0.3) is 0 Å². The van der Waals surface area contributed by atoms with Gasteiger partial charge in [0.2, 0.25) is 5.78 Å². The predicted octanol–water partition coefficient (Wildman–Crippen LogP) is 3.01. The van der Waals surface area contributed by atoms with E-state index in [0.29, 0.717) is 11.3 Å². The number of benzene rings is 1. The summed E-state index contributed by atoms with van der Waals surface area (Å²) in [6, 6.07) is 7.38. The van der Waals surface area contributed by atoms with E-state index in [9.17, 15) is 4.79 Å². The van der Waals surface area contributed by atoms with Crippen LogP contribution in [0.25, 0.3) is 0 Å². The van der Waals surface area contributed by atoms with E-state index in [2.05, 4.69) is 5.10 Å². The Balaban J connectivity index is 2.41. The Kier molecular flexibility index (Phi) is 3.69. The second kappa shape index (κ2) is 5.26. The Morgan fingerprint density at radius 3 is 2.68 bits per heavy atom. The molecule has 0 fully saturated rings. The number of carbonyl (C=O) groups is 1. The molecule has 0 radical (unpaired) electrons. The van der Waals surface area contributed by atoms with Crippen LogP contribution in [0, 0.1) is 6.92 Å². The van der Waals surface area contributed by atoms with Gasteiger partial charge in [0.05, 0.1) is 7.11 Å². The topological polar surface area (TPSA) is 44.1 Å². The van der Waals surface area contributed by atoms with E-state index in [4.69, 9.17) is 4.74 Å². The van der Waals surface area contributed by atoms with Crippen molar-refractivity contribution >= 4 is 5.78 Å². The molecule has 0 spiro atoms. The lowest BCUT2D eigenvalue weighted by Gasteiger charge is -2.11. The molecule has 1 heterocycles. The van der Waals surface area contributed by atoms with Crippen LogP contribution < -0.4 is 4.74 Å². The Morgan fingerprint density at radius 2 is 2.05 bits per heavy atom. The van der Waals surface area contributed by atoms with Gasteiger partial charge in [0.1, 0.15) is 11.4 Å². The number of rotatable bonds is 4. The molecule has 0 aliphatic rings. The van der Waals surface area contributed by atoms with Gasteiger partial charge in [-0.05, 0) is 38.5 Å². The smallest absolute Gasteiger partial charge is 0.211 e. The fourth-order valence-corrected chi connectivity index (χ4v) is 2.01. The van der Waals surface area contributed by atoms with Gasteiger partial charge in [0.15, 0.2) is 0 Å². The second-order valence-electron chi connectivity index (χ2n) is 4.77. The van der Waals surface area contributed by atoms with Crippen LogP contribution in [0.4, 0.5) is 0 Å². The molecule has 0 aliphatic heterocycles. The molecule has 0 unspecified atom stereocenters. The van der Waals surface area contributed by atoms with E-state index >= 15 is 0 Å². The summed E-state index contributed by atoms with van der Waals surface area (Å²) in [6.45, 7) is 5.95. The maximum atomic E-state index is 12.5. The lowest BCUT2D eigenvalue weighted by Crippen LogP contribution is -2.13. The highest BCUT2D eigenvalue weighted by Crippen LogP contribution is 2.21. The number of methoxy groups -OCH3 is 1. The minimum Gasteiger partial charge on any atom is -0.496 e. The summed E-state index contributed by atoms with van der Waals surface area (Å²) in [5.41, 5.74) is 2.22. The van der Waals surface area contributed by atoms with Gasteiger partial charge < -0.3 is 4.74 Å². The van der Waals surface area contributed by atoms with Crippen molar-refractivity contribution in [1.29, 1.82) is 0 Å². The molecule has 100 valence electrons. The minimum absolute atomic E-state index is 0.0375. The van der Waals surface area contributed by atoms with Crippen LogP contribution in [0.5, 0.6) is 5.75 Å². The first-order valence-electron chi connectivity index (χ1n) is 6.27. The van der Waals surface area contributed by atoms with Crippen molar-refractivity contribution in [3.8, 4) is 5.75 Å². The zero-order valence-corrected chi connectivity index (χ0v) is 11.7. The highest BCUT2D eigenvalue weighted by Gasteiger charge is 2.17. The number of aryl methyl sites for hydroxylation is 1. The van der Waals surface area contributed by atoms with Crippen LogP contribution in [-0.2, 0) is 0 Å². The van der Waals surface area contributed by atoms with E-state index in [0.717, 1.165) is 11.3 Å². The summed E-state index contributed by atoms with van der Waals surface area (Å²) < 4.78 is 6.99. The molecule has 2 rings (SSSR count). The van der Waals surface area contributed by atoms with Gasteiger partial charge in [-0.25, -0.2) is 0 Å². The molecule has 0 atom stereocenters. The van der Waals surface area contributed by atoms with Crippen molar-refractivity contribution in [3.63, 3.8) is 0 Å². The van der Waals surface area contributed by atoms with Gasteiger partial charge in [-0.3, -0.25) is 9.48 Å². The average Bonchev–Trinajstić information content (AvgIpc) is 2.87. The molecule has 0 N–H and O–H groups in total. The lowest BCUT2D eigenvalue weighted by molar-refractivity contribution is 0.102. The van der Waals surface area contributed by atoms with E-state index < -0.39 is 0 Å². The third-order valence-corrected chi connectivity index (χ3v) is 3.06. The first kappa shape index (κ1) is 13.3. The molecule has 1 aromatic heterocycles. The molecule has 0 saturated carbocycles. The Labute approximate surface area is 113 Å². The molecule has 0 saturated heterocycles. The van der Waals surface area contributed by atoms with Crippen LogP contribution >= 0.6 is 0 Å². The summed E-state index contributed by atoms with van der Waals surface area (Å²) in [5, 5.41) is 4.19. The zero-order chi connectivity index (χ0) is 14.0. The monoisotopic (exact) mass is 258 g/mol. The summed E-state index contributed by atoms with van der Waals surface area (Å²) in [7, 11) is 1.61. The Morgan fingerprint density at radius 1 is 1.32 bits per heavy atom. The fraction of sp³-hybridized carbons (Fsp3) is 0.333. The first-order chi connectivity index (χ1) is 9.04. The second-order valence-corrected chi connectivity index (χ2v) is 4.77. The van der Waals surface area contributed by atoms with Gasteiger partial charge >= 0.3 is 0 Å². The van der Waals surface area contributed by atoms with E-state index in [1.807, 2.05) is 32.9 Å². The normalized spacial score (nSPS) is 10.8. The maximum absolute atomic E-state index is 12.5. The van der Waals surface area contributed by atoms with Gasteiger partial charge in [-0.2, -0.15) is 5.10 Å². The molecule has 0 bridgehead atoms. The minimum atomic E-state index is -0.0375. The summed E-state index contributed by atoms with van der Waals surface area (Å²) >= 11 is 0. The van der Waals surface area contributed by atoms with Gasteiger partial charge in [-0.15, -0.1) is 0 Å². The maximum Gasteiger partial charge on any atom is 0.211 e. The molecule has 4 nitrogen and oxygen atoms in total. The standard InChI is InChI=1S/C15H18N2O2/c1-10(2)17-13(7-8-16-17)15(18)12-6-5-11(3)14(9-12)19-4/h5-10H,1-4H3. The van der Waals surface area contributed by atoms with Crippen molar-refractivity contribution in [2.45, 2.75) is 26.8 Å². The van der Waals surface area contributed by atoms with Crippen molar-refractivity contribution in [1.82, 2.24) is 9.78 Å². The number of carbonyl (C=O) groups excluding carboxylic acids is 1. The van der Waals surface area contributed by atoms with Crippen LogP contribution in [0.15, 0.2) is 30.5 Å². The van der Waals surface area contributed by atoms with Crippen molar-refractivity contribution in [2.24, 2.45) is 0 Å². The van der Waals surface area contributed by atoms with Crippen molar-refractivity contribution in [2.75, 3.05) is 7.11 Å². The van der Waals surface area contributed by atoms with Crippen LogP contribution in [0.3, 0.4) is 0 Å². The van der Waals surface area contributed by atoms with Gasteiger partial charge in [0, 0.05) is 17.8 Å². The molecular formula is C15H18N2O2. The number of hydrogen-bond donors (Lipinski definition) is 0. The number of hydrogen-bond acceptors (Lipinski definition) is 3. The molecule has 2 aromatic rings. The third kappa shape index (κ3) is 2.52. The van der Waals surface area contributed by atoms with Crippen LogP contribution in [0.2, 0.25) is 0 Å². The molecule has 19 heavy (non-hydrogen) atoms. The number of ether oxygens (including phenoxy) is 1. The first-order valence-corrected chi connectivity index (χ1v) is 6.27. The average molecular weight is 258 g/mol. The number of ketones is 1. The highest BCUT2D eigenvalue weighted by atomic mass is 16.5. The molecule has 0 aliphatic carbocycles. The third-order valence-electron chi connectivity index (χ3n) is 3.06. The predicted molar refractivity (Wildman–Crippen MR) is 73.8 cm³/mol. The summed E-state index contributed by atoms with van der Waals surface area (Å²) in [4.78, 5) is 12.5. The quantitative estimate of drug-likeness (QED) is 0.792. The van der Waals surface area contributed by atoms with E-state index in [1.54, 1.807) is 30.1 Å². The van der Waals surface area contributed by atoms with Crippen molar-refractivity contribution in [3.05, 3.63) is 47.3 Å². The summed E-state index contributed by atoms with van der Waals surface area (Å²) in [5.74, 6) is 0.686. The SMILES string of the molecule is COc1cc(C(=O)c2ccnn2C(C)C)ccc1C. The van der Waals surface area contributed by atoms with Crippen LogP contribution in [-0.4, -0.2) is 22.7 Å². The van der Waals surface area contributed by atoms with Gasteiger partial charge in [-0.1, -0.05) is 12.1 Å². The number of nitrogens with zero attached hydrogens (tertiary/aromatic N) is 2. The zero-order valence-electron chi connectivity index (χ0n) is 11.7. The molecule has 4 heteroatoms. The fourth-order valence-electron chi connectivity index (χ4n) is 2.01.